The van der Waals surface area contributed by atoms with Gasteiger partial charge in [-0.15, -0.1) is 24.0 Å². The van der Waals surface area contributed by atoms with Crippen LogP contribution >= 0.6 is 24.0 Å². The molecule has 2 heterocycles. The van der Waals surface area contributed by atoms with Crippen LogP contribution < -0.4 is 10.6 Å². The van der Waals surface area contributed by atoms with Crippen LogP contribution in [0, 0.1) is 5.92 Å². The third-order valence-corrected chi connectivity index (χ3v) is 5.43. The molecule has 28 heavy (non-hydrogen) atoms. The highest BCUT2D eigenvalue weighted by molar-refractivity contribution is 14.0. The number of unbranched alkanes of at least 4 members (excludes halogenated alkanes) is 1. The van der Waals surface area contributed by atoms with Gasteiger partial charge >= 0.3 is 0 Å². The monoisotopic (exact) mass is 508 g/mol. The minimum Gasteiger partial charge on any atom is -0.357 e. The van der Waals surface area contributed by atoms with E-state index in [9.17, 15) is 4.79 Å². The Kier molecular flexibility index (Phi) is 12.3. The highest BCUT2D eigenvalue weighted by Crippen LogP contribution is 2.12. The van der Waals surface area contributed by atoms with Gasteiger partial charge in [-0.1, -0.05) is 13.8 Å². The van der Waals surface area contributed by atoms with Crippen LogP contribution in [0.4, 0.5) is 0 Å². The maximum atomic E-state index is 12.1. The van der Waals surface area contributed by atoms with E-state index in [1.165, 1.54) is 39.1 Å². The Labute approximate surface area is 188 Å². The van der Waals surface area contributed by atoms with Crippen LogP contribution in [-0.2, 0) is 4.79 Å². The highest BCUT2D eigenvalue weighted by Gasteiger charge is 2.27. The van der Waals surface area contributed by atoms with Crippen molar-refractivity contribution < 1.29 is 4.79 Å². The van der Waals surface area contributed by atoms with E-state index in [4.69, 9.17) is 4.99 Å². The largest absolute Gasteiger partial charge is 0.357 e. The van der Waals surface area contributed by atoms with Gasteiger partial charge in [0, 0.05) is 64.3 Å². The van der Waals surface area contributed by atoms with Crippen molar-refractivity contribution >= 4 is 35.8 Å². The molecule has 0 radical (unpaired) electrons. The number of amides is 1. The van der Waals surface area contributed by atoms with Crippen LogP contribution in [0.25, 0.3) is 0 Å². The molecule has 2 saturated heterocycles. The average molecular weight is 508 g/mol. The SMILES string of the molecule is CCNC(=NCCCCN1CCN(C)CC1)NC1CCN(C(=O)C(C)C)C1.I. The summed E-state index contributed by atoms with van der Waals surface area (Å²) in [5.74, 6) is 1.22. The number of halogens is 1. The molecule has 8 heteroatoms. The molecule has 1 unspecified atom stereocenters. The van der Waals surface area contributed by atoms with Crippen molar-refractivity contribution in [1.29, 1.82) is 0 Å². The van der Waals surface area contributed by atoms with E-state index < -0.39 is 0 Å². The van der Waals surface area contributed by atoms with E-state index in [-0.39, 0.29) is 35.8 Å². The summed E-state index contributed by atoms with van der Waals surface area (Å²) in [6, 6.07) is 0.302. The molecule has 7 nitrogen and oxygen atoms in total. The molecule has 0 bridgehead atoms. The van der Waals surface area contributed by atoms with Crippen molar-refractivity contribution in [3.05, 3.63) is 0 Å². The van der Waals surface area contributed by atoms with Crippen molar-refractivity contribution in [3.63, 3.8) is 0 Å². The number of aliphatic imine (C=N–C) groups is 1. The molecule has 2 fully saturated rings. The van der Waals surface area contributed by atoms with Crippen LogP contribution in [0.1, 0.15) is 40.0 Å². The molecule has 0 aromatic carbocycles. The summed E-state index contributed by atoms with van der Waals surface area (Å²) < 4.78 is 0. The number of likely N-dealkylation sites (tertiary alicyclic amines) is 1. The fourth-order valence-corrected chi connectivity index (χ4v) is 3.67. The Balaban J connectivity index is 0.00000392. The van der Waals surface area contributed by atoms with E-state index in [0.29, 0.717) is 6.04 Å². The fourth-order valence-electron chi connectivity index (χ4n) is 3.67. The smallest absolute Gasteiger partial charge is 0.225 e. The first-order valence-electron chi connectivity index (χ1n) is 10.7. The lowest BCUT2D eigenvalue weighted by Crippen LogP contribution is -2.45. The summed E-state index contributed by atoms with van der Waals surface area (Å²) in [7, 11) is 2.20. The zero-order valence-corrected chi connectivity index (χ0v) is 20.6. The minimum atomic E-state index is 0. The molecule has 164 valence electrons. The van der Waals surface area contributed by atoms with Crippen LogP contribution in [0.15, 0.2) is 4.99 Å². The number of carbonyl (C=O) groups excluding carboxylic acids is 1. The number of rotatable bonds is 8. The lowest BCUT2D eigenvalue weighted by atomic mass is 10.2. The van der Waals surface area contributed by atoms with E-state index >= 15 is 0 Å². The molecular weight excluding hydrogens is 467 g/mol. The van der Waals surface area contributed by atoms with Crippen LogP contribution in [0.5, 0.6) is 0 Å². The highest BCUT2D eigenvalue weighted by atomic mass is 127. The van der Waals surface area contributed by atoms with Gasteiger partial charge in [0.25, 0.3) is 0 Å². The second kappa shape index (κ2) is 13.6. The maximum Gasteiger partial charge on any atom is 0.225 e. The molecule has 0 aromatic rings. The molecule has 1 amide bonds. The van der Waals surface area contributed by atoms with E-state index in [1.807, 2.05) is 18.7 Å². The number of nitrogens with one attached hydrogen (secondary N) is 2. The predicted molar refractivity (Wildman–Crippen MR) is 128 cm³/mol. The third-order valence-electron chi connectivity index (χ3n) is 5.43. The van der Waals surface area contributed by atoms with Gasteiger partial charge in [0.2, 0.25) is 5.91 Å². The first kappa shape index (κ1) is 25.4. The Bertz CT molecular complexity index is 479. The number of piperazine rings is 1. The molecule has 2 aliphatic heterocycles. The quantitative estimate of drug-likeness (QED) is 0.225. The topological polar surface area (TPSA) is 63.2 Å². The standard InChI is InChI=1S/C20H40N6O.HI/c1-5-21-20(23-18-8-11-26(16-18)19(27)17(2)3)22-9-6-7-10-25-14-12-24(4)13-15-25;/h17-18H,5-16H2,1-4H3,(H2,21,22,23);1H. The Hall–Kier alpha value is -0.610. The van der Waals surface area contributed by atoms with Crippen LogP contribution in [0.3, 0.4) is 0 Å². The van der Waals surface area contributed by atoms with E-state index in [2.05, 4.69) is 34.4 Å². The minimum absolute atomic E-state index is 0. The first-order chi connectivity index (χ1) is 13.0. The fraction of sp³-hybridized carbons (Fsp3) is 0.900. The Morgan fingerprint density at radius 2 is 1.86 bits per heavy atom. The normalized spacial score (nSPS) is 21.7. The Morgan fingerprint density at radius 3 is 2.50 bits per heavy atom. The predicted octanol–water partition coefficient (Wildman–Crippen LogP) is 1.44. The van der Waals surface area contributed by atoms with E-state index in [0.717, 1.165) is 45.0 Å². The number of likely N-dealkylation sites (N-methyl/N-ethyl adjacent to an activating group) is 1. The van der Waals surface area contributed by atoms with Gasteiger partial charge in [0.05, 0.1) is 0 Å². The molecular formula is C20H41IN6O. The molecule has 2 aliphatic rings. The van der Waals surface area contributed by atoms with Crippen molar-refractivity contribution in [2.75, 3.05) is 66.0 Å². The molecule has 2 rings (SSSR count). The van der Waals surface area contributed by atoms with Crippen molar-refractivity contribution in [2.24, 2.45) is 10.9 Å². The second-order valence-corrected chi connectivity index (χ2v) is 8.18. The summed E-state index contributed by atoms with van der Waals surface area (Å²) in [5, 5.41) is 6.86. The molecule has 0 saturated carbocycles. The molecule has 0 aliphatic carbocycles. The van der Waals surface area contributed by atoms with Gasteiger partial charge in [0.15, 0.2) is 5.96 Å². The number of nitrogens with zero attached hydrogens (tertiary/aromatic N) is 4. The van der Waals surface area contributed by atoms with E-state index in [1.54, 1.807) is 0 Å². The van der Waals surface area contributed by atoms with Gasteiger partial charge in [-0.25, -0.2) is 0 Å². The van der Waals surface area contributed by atoms with Crippen LogP contribution in [-0.4, -0.2) is 98.6 Å². The third kappa shape index (κ3) is 8.82. The molecule has 1 atom stereocenters. The number of guanidine groups is 1. The van der Waals surface area contributed by atoms with Crippen LogP contribution in [0.2, 0.25) is 0 Å². The van der Waals surface area contributed by atoms with Crippen molar-refractivity contribution in [1.82, 2.24) is 25.3 Å². The zero-order chi connectivity index (χ0) is 19.6. The molecule has 0 aromatic heterocycles. The lowest BCUT2D eigenvalue weighted by molar-refractivity contribution is -0.133. The summed E-state index contributed by atoms with van der Waals surface area (Å²) in [6.45, 7) is 15.3. The van der Waals surface area contributed by atoms with Gasteiger partial charge in [-0.05, 0) is 39.8 Å². The number of hydrogen-bond acceptors (Lipinski definition) is 4. The lowest BCUT2D eigenvalue weighted by Gasteiger charge is -2.32. The van der Waals surface area contributed by atoms with Gasteiger partial charge in [0.1, 0.15) is 0 Å². The average Bonchev–Trinajstić information content (AvgIpc) is 3.10. The molecule has 0 spiro atoms. The Morgan fingerprint density at radius 1 is 1.14 bits per heavy atom. The van der Waals surface area contributed by atoms with Crippen molar-refractivity contribution in [2.45, 2.75) is 46.1 Å². The number of hydrogen-bond donors (Lipinski definition) is 2. The van der Waals surface area contributed by atoms with Crippen molar-refractivity contribution in [3.8, 4) is 0 Å². The first-order valence-corrected chi connectivity index (χ1v) is 10.7. The number of carbonyl (C=O) groups is 1. The summed E-state index contributed by atoms with van der Waals surface area (Å²) >= 11 is 0. The second-order valence-electron chi connectivity index (χ2n) is 8.18. The molecule has 2 N–H and O–H groups in total. The zero-order valence-electron chi connectivity index (χ0n) is 18.2. The maximum absolute atomic E-state index is 12.1. The summed E-state index contributed by atoms with van der Waals surface area (Å²) in [5.41, 5.74) is 0. The van der Waals surface area contributed by atoms with Gasteiger partial charge < -0.3 is 25.3 Å². The summed E-state index contributed by atoms with van der Waals surface area (Å²) in [4.78, 5) is 23.8. The van der Waals surface area contributed by atoms with Gasteiger partial charge in [-0.3, -0.25) is 9.79 Å². The van der Waals surface area contributed by atoms with Gasteiger partial charge in [-0.2, -0.15) is 0 Å². The summed E-state index contributed by atoms with van der Waals surface area (Å²) in [6.07, 6.45) is 3.31.